The molecule has 0 bridgehead atoms. The highest BCUT2D eigenvalue weighted by Crippen LogP contribution is 2.34. The average molecular weight is 270 g/mol. The normalized spacial score (nSPS) is 12.2. The molecule has 0 aliphatic carbocycles. The van der Waals surface area contributed by atoms with E-state index in [-0.39, 0.29) is 0 Å². The minimum atomic E-state index is -4.80. The van der Waals surface area contributed by atoms with Gasteiger partial charge in [0.15, 0.2) is 0 Å². The van der Waals surface area contributed by atoms with E-state index in [2.05, 4.69) is 0 Å². The fourth-order valence-corrected chi connectivity index (χ4v) is 2.11. The van der Waals surface area contributed by atoms with Gasteiger partial charge in [0.2, 0.25) is 0 Å². The van der Waals surface area contributed by atoms with Crippen molar-refractivity contribution in [2.24, 2.45) is 0 Å². The molecule has 0 aliphatic heterocycles. The zero-order chi connectivity index (χ0) is 12.6. The molecule has 0 N–H and O–H groups in total. The molecule has 0 saturated carbocycles. The van der Waals surface area contributed by atoms with Crippen molar-refractivity contribution in [1.82, 2.24) is 0 Å². The molecule has 0 heterocycles. The van der Waals surface area contributed by atoms with Crippen LogP contribution in [0.5, 0.6) is 0 Å². The number of alkyl halides is 3. The molecule has 1 rings (SSSR count). The number of hydrogen-bond donors (Lipinski definition) is 0. The molecule has 8 heteroatoms. The summed E-state index contributed by atoms with van der Waals surface area (Å²) < 4.78 is 59.1. The maximum atomic E-state index is 12.4. The van der Waals surface area contributed by atoms with E-state index in [1.54, 1.807) is 0 Å². The van der Waals surface area contributed by atoms with Gasteiger partial charge in [0.05, 0.1) is 11.1 Å². The lowest BCUT2D eigenvalue weighted by Crippen LogP contribution is -2.10. The van der Waals surface area contributed by atoms with E-state index in [1.165, 1.54) is 6.07 Å². The molecule has 0 amide bonds. The van der Waals surface area contributed by atoms with Crippen LogP contribution < -0.4 is 0 Å². The van der Waals surface area contributed by atoms with Crippen molar-refractivity contribution in [2.45, 2.75) is 11.1 Å². The van der Waals surface area contributed by atoms with Crippen LogP contribution in [0.2, 0.25) is 0 Å². The number of benzene rings is 1. The minimum absolute atomic E-state index is 0.615. The van der Waals surface area contributed by atoms with Crippen molar-refractivity contribution in [3.05, 3.63) is 29.3 Å². The van der Waals surface area contributed by atoms with E-state index in [9.17, 15) is 21.6 Å². The van der Waals surface area contributed by atoms with Crippen molar-refractivity contribution in [1.29, 1.82) is 5.26 Å². The molecule has 0 aromatic heterocycles. The minimum Gasteiger partial charge on any atom is -0.207 e. The Kier molecular flexibility index (Phi) is 3.17. The molecule has 3 nitrogen and oxygen atoms in total. The summed E-state index contributed by atoms with van der Waals surface area (Å²) in [5.41, 5.74) is -2.32. The van der Waals surface area contributed by atoms with Gasteiger partial charge in [0.25, 0.3) is 9.05 Å². The molecule has 16 heavy (non-hydrogen) atoms. The van der Waals surface area contributed by atoms with Crippen LogP contribution in [0.3, 0.4) is 0 Å². The third-order valence-electron chi connectivity index (χ3n) is 1.71. The predicted molar refractivity (Wildman–Crippen MR) is 49.2 cm³/mol. The van der Waals surface area contributed by atoms with E-state index in [1.807, 2.05) is 0 Å². The van der Waals surface area contributed by atoms with E-state index in [0.29, 0.717) is 6.07 Å². The van der Waals surface area contributed by atoms with Gasteiger partial charge in [0, 0.05) is 10.7 Å². The third kappa shape index (κ3) is 2.46. The molecule has 0 radical (unpaired) electrons. The molecular weight excluding hydrogens is 267 g/mol. The van der Waals surface area contributed by atoms with Crippen LogP contribution in [0.1, 0.15) is 11.1 Å². The maximum absolute atomic E-state index is 12.4. The lowest BCUT2D eigenvalue weighted by atomic mass is 10.1. The molecule has 1 aromatic carbocycles. The summed E-state index contributed by atoms with van der Waals surface area (Å²) in [5, 5.41) is 8.55. The first-order valence-electron chi connectivity index (χ1n) is 3.73. The molecule has 1 aromatic rings. The quantitative estimate of drug-likeness (QED) is 0.736. The summed E-state index contributed by atoms with van der Waals surface area (Å²) in [6.45, 7) is 0. The molecule has 0 unspecified atom stereocenters. The van der Waals surface area contributed by atoms with Gasteiger partial charge in [-0.3, -0.25) is 0 Å². The molecule has 0 aliphatic rings. The van der Waals surface area contributed by atoms with Gasteiger partial charge in [0.1, 0.15) is 11.0 Å². The van der Waals surface area contributed by atoms with Gasteiger partial charge in [-0.2, -0.15) is 18.4 Å². The van der Waals surface area contributed by atoms with Crippen LogP contribution in [0.25, 0.3) is 0 Å². The Bertz CT molecular complexity index is 560. The third-order valence-corrected chi connectivity index (χ3v) is 3.07. The van der Waals surface area contributed by atoms with E-state index >= 15 is 0 Å². The Hall–Kier alpha value is -1.26. The lowest BCUT2D eigenvalue weighted by Gasteiger charge is -2.10. The van der Waals surface area contributed by atoms with Crippen molar-refractivity contribution in [3.63, 3.8) is 0 Å². The summed E-state index contributed by atoms with van der Waals surface area (Å²) in [6.07, 6.45) is -4.80. The molecular formula is C8H3ClF3NO2S. The Morgan fingerprint density at radius 2 is 1.88 bits per heavy atom. The topological polar surface area (TPSA) is 57.9 Å². The zero-order valence-corrected chi connectivity index (χ0v) is 8.99. The van der Waals surface area contributed by atoms with E-state index < -0.39 is 31.2 Å². The van der Waals surface area contributed by atoms with Crippen LogP contribution >= 0.6 is 10.7 Å². The van der Waals surface area contributed by atoms with Crippen LogP contribution in [-0.4, -0.2) is 8.42 Å². The highest BCUT2D eigenvalue weighted by molar-refractivity contribution is 8.13. The first kappa shape index (κ1) is 12.8. The first-order chi connectivity index (χ1) is 7.18. The number of halogens is 4. The molecule has 0 fully saturated rings. The summed E-state index contributed by atoms with van der Waals surface area (Å²) in [4.78, 5) is -0.841. The largest absolute Gasteiger partial charge is 0.417 e. The number of nitriles is 1. The van der Waals surface area contributed by atoms with E-state index in [4.69, 9.17) is 15.9 Å². The maximum Gasteiger partial charge on any atom is 0.417 e. The second-order valence-electron chi connectivity index (χ2n) is 2.73. The van der Waals surface area contributed by atoms with Crippen molar-refractivity contribution in [2.75, 3.05) is 0 Å². The summed E-state index contributed by atoms with van der Waals surface area (Å²) in [7, 11) is 0.540. The predicted octanol–water partition coefficient (Wildman–Crippen LogP) is 2.50. The van der Waals surface area contributed by atoms with Crippen LogP contribution in [0, 0.1) is 11.3 Å². The fourth-order valence-electron chi connectivity index (χ4n) is 1.09. The summed E-state index contributed by atoms with van der Waals surface area (Å²) >= 11 is 0. The highest BCUT2D eigenvalue weighted by atomic mass is 35.7. The van der Waals surface area contributed by atoms with E-state index in [0.717, 1.165) is 12.1 Å². The van der Waals surface area contributed by atoms with Crippen molar-refractivity contribution < 1.29 is 21.6 Å². The van der Waals surface area contributed by atoms with Gasteiger partial charge in [-0.1, -0.05) is 6.07 Å². The molecule has 0 atom stereocenters. The summed E-state index contributed by atoms with van der Waals surface area (Å²) in [5.74, 6) is 0. The summed E-state index contributed by atoms with van der Waals surface area (Å²) in [6, 6.07) is 3.53. The first-order valence-corrected chi connectivity index (χ1v) is 6.04. The number of rotatable bonds is 1. The molecule has 86 valence electrons. The Morgan fingerprint density at radius 3 is 2.25 bits per heavy atom. The van der Waals surface area contributed by atoms with Crippen molar-refractivity contribution >= 4 is 19.7 Å². The molecule has 0 saturated heterocycles. The van der Waals surface area contributed by atoms with Crippen molar-refractivity contribution in [3.8, 4) is 6.07 Å². The second kappa shape index (κ2) is 3.96. The van der Waals surface area contributed by atoms with Crippen LogP contribution in [0.4, 0.5) is 13.2 Å². The second-order valence-corrected chi connectivity index (χ2v) is 5.26. The van der Waals surface area contributed by atoms with Gasteiger partial charge in [-0.25, -0.2) is 8.42 Å². The van der Waals surface area contributed by atoms with Crippen LogP contribution in [-0.2, 0) is 15.2 Å². The standard InChI is InChI=1S/C8H3ClF3NO2S/c9-16(14,15)7-3-1-2-6(5(7)4-13)8(10,11)12/h1-3H. The van der Waals surface area contributed by atoms with Gasteiger partial charge < -0.3 is 0 Å². The lowest BCUT2D eigenvalue weighted by molar-refractivity contribution is -0.137. The number of hydrogen-bond acceptors (Lipinski definition) is 3. The van der Waals surface area contributed by atoms with Gasteiger partial charge in [-0.05, 0) is 12.1 Å². The Balaban J connectivity index is 3.66. The van der Waals surface area contributed by atoms with Crippen LogP contribution in [0.15, 0.2) is 23.1 Å². The fraction of sp³-hybridized carbons (Fsp3) is 0.125. The average Bonchev–Trinajstić information content (AvgIpc) is 2.13. The Morgan fingerprint density at radius 1 is 1.31 bits per heavy atom. The zero-order valence-electron chi connectivity index (χ0n) is 7.42. The SMILES string of the molecule is N#Cc1c(C(F)(F)F)cccc1S(=O)(=O)Cl. The Labute approximate surface area is 93.5 Å². The van der Waals surface area contributed by atoms with Gasteiger partial charge >= 0.3 is 6.18 Å². The highest BCUT2D eigenvalue weighted by Gasteiger charge is 2.36. The smallest absolute Gasteiger partial charge is 0.207 e. The number of nitrogens with zero attached hydrogens (tertiary/aromatic N) is 1. The monoisotopic (exact) mass is 269 g/mol. The van der Waals surface area contributed by atoms with Gasteiger partial charge in [-0.15, -0.1) is 0 Å². The molecule has 0 spiro atoms.